The smallest absolute Gasteiger partial charge is 0.335 e. The lowest BCUT2D eigenvalue weighted by Gasteiger charge is -2.08. The molecule has 0 saturated heterocycles. The maximum atomic E-state index is 11.7. The Hall–Kier alpha value is -1.40. The van der Waals surface area contributed by atoms with Crippen LogP contribution in [0.25, 0.3) is 0 Å². The molecule has 6 heteroatoms. The van der Waals surface area contributed by atoms with E-state index in [-0.39, 0.29) is 18.0 Å². The fourth-order valence-corrected chi connectivity index (χ4v) is 2.20. The second-order valence-corrected chi connectivity index (χ2v) is 5.57. The van der Waals surface area contributed by atoms with Crippen molar-refractivity contribution in [1.29, 1.82) is 0 Å². The lowest BCUT2D eigenvalue weighted by atomic mass is 10.2. The molecule has 0 bridgehead atoms. The number of hydrogen-bond acceptors (Lipinski definition) is 3. The summed E-state index contributed by atoms with van der Waals surface area (Å²) >= 11 is 3.22. The number of anilines is 1. The average Bonchev–Trinajstić information content (AvgIpc) is 3.12. The van der Waals surface area contributed by atoms with Crippen LogP contribution >= 0.6 is 15.9 Å². The summed E-state index contributed by atoms with van der Waals surface area (Å²) in [7, 11) is 0. The van der Waals surface area contributed by atoms with E-state index in [1.54, 1.807) is 6.07 Å². The first-order valence-electron chi connectivity index (χ1n) is 6.09. The van der Waals surface area contributed by atoms with Gasteiger partial charge in [-0.2, -0.15) is 0 Å². The van der Waals surface area contributed by atoms with E-state index in [2.05, 4.69) is 26.6 Å². The number of hydrogen-bond donors (Lipinski definition) is 3. The number of carboxylic acid groups (broad SMARTS) is 1. The van der Waals surface area contributed by atoms with Gasteiger partial charge in [0.25, 0.3) is 0 Å². The van der Waals surface area contributed by atoms with Crippen molar-refractivity contribution in [3.05, 3.63) is 28.2 Å². The molecule has 0 aromatic heterocycles. The van der Waals surface area contributed by atoms with Crippen LogP contribution in [0, 0.1) is 5.92 Å². The zero-order valence-electron chi connectivity index (χ0n) is 10.3. The molecule has 5 nitrogen and oxygen atoms in total. The summed E-state index contributed by atoms with van der Waals surface area (Å²) in [6, 6.07) is 4.60. The minimum atomic E-state index is -1.02. The summed E-state index contributed by atoms with van der Waals surface area (Å²) in [6.07, 6.45) is 2.48. The molecule has 2 rings (SSSR count). The van der Waals surface area contributed by atoms with Crippen molar-refractivity contribution in [2.24, 2.45) is 5.92 Å². The molecule has 0 heterocycles. The van der Waals surface area contributed by atoms with Crippen molar-refractivity contribution in [3.63, 3.8) is 0 Å². The van der Waals surface area contributed by atoms with Crippen LogP contribution in [-0.2, 0) is 4.79 Å². The highest BCUT2D eigenvalue weighted by Crippen LogP contribution is 2.27. The highest BCUT2D eigenvalue weighted by atomic mass is 79.9. The topological polar surface area (TPSA) is 78.4 Å². The fraction of sp³-hybridized carbons (Fsp3) is 0.385. The number of aromatic carboxylic acids is 1. The number of nitrogens with one attached hydrogen (secondary N) is 2. The molecule has 1 aliphatic rings. The lowest BCUT2D eigenvalue weighted by Crippen LogP contribution is -2.29. The van der Waals surface area contributed by atoms with E-state index in [0.29, 0.717) is 10.2 Å². The van der Waals surface area contributed by atoms with Gasteiger partial charge in [0.05, 0.1) is 12.1 Å². The Morgan fingerprint density at radius 1 is 1.32 bits per heavy atom. The van der Waals surface area contributed by atoms with Crippen LogP contribution in [0.2, 0.25) is 0 Å². The number of halogens is 1. The molecule has 1 aliphatic carbocycles. The first-order chi connectivity index (χ1) is 9.04. The highest BCUT2D eigenvalue weighted by Gasteiger charge is 2.20. The second-order valence-electron chi connectivity index (χ2n) is 4.66. The molecule has 0 spiro atoms. The van der Waals surface area contributed by atoms with Gasteiger partial charge >= 0.3 is 5.97 Å². The molecular formula is C13H15BrN2O3. The van der Waals surface area contributed by atoms with E-state index in [4.69, 9.17) is 5.11 Å². The molecule has 0 radical (unpaired) electrons. The largest absolute Gasteiger partial charge is 0.478 e. The van der Waals surface area contributed by atoms with Gasteiger partial charge in [0.2, 0.25) is 5.91 Å². The molecule has 1 amide bonds. The summed E-state index contributed by atoms with van der Waals surface area (Å²) in [5.74, 6) is -0.476. The normalized spacial score (nSPS) is 14.2. The molecule has 1 aromatic rings. The molecule has 1 saturated carbocycles. The van der Waals surface area contributed by atoms with Gasteiger partial charge in [-0.1, -0.05) is 15.9 Å². The molecule has 0 unspecified atom stereocenters. The number of benzene rings is 1. The number of rotatable bonds is 6. The Kier molecular flexibility index (Phi) is 4.55. The van der Waals surface area contributed by atoms with Crippen LogP contribution in [0.1, 0.15) is 23.2 Å². The van der Waals surface area contributed by atoms with E-state index in [0.717, 1.165) is 12.5 Å². The van der Waals surface area contributed by atoms with E-state index in [1.165, 1.54) is 25.0 Å². The van der Waals surface area contributed by atoms with Crippen LogP contribution in [0.3, 0.4) is 0 Å². The van der Waals surface area contributed by atoms with E-state index in [1.807, 2.05) is 0 Å². The molecule has 1 fully saturated rings. The number of amides is 1. The van der Waals surface area contributed by atoms with Crippen molar-refractivity contribution in [2.75, 3.05) is 18.4 Å². The van der Waals surface area contributed by atoms with Crippen LogP contribution in [0.15, 0.2) is 22.7 Å². The number of carbonyl (C=O) groups is 2. The monoisotopic (exact) mass is 326 g/mol. The number of carbonyl (C=O) groups excluding carboxylic acids is 1. The Labute approximate surface area is 119 Å². The van der Waals surface area contributed by atoms with Crippen LogP contribution in [0.4, 0.5) is 5.69 Å². The predicted molar refractivity (Wildman–Crippen MR) is 75.3 cm³/mol. The molecule has 0 atom stereocenters. The summed E-state index contributed by atoms with van der Waals surface area (Å²) in [5.41, 5.74) is 0.612. The summed E-state index contributed by atoms with van der Waals surface area (Å²) in [6.45, 7) is 1.11. The van der Waals surface area contributed by atoms with Gasteiger partial charge in [0.1, 0.15) is 0 Å². The third kappa shape index (κ3) is 4.65. The Balaban J connectivity index is 1.89. The predicted octanol–water partition coefficient (Wildman–Crippen LogP) is 2.09. The maximum Gasteiger partial charge on any atom is 0.335 e. The van der Waals surface area contributed by atoms with Gasteiger partial charge < -0.3 is 15.7 Å². The standard InChI is InChI=1S/C13H15BrN2O3/c14-10-3-9(13(18)19)4-11(5-10)16-12(17)7-15-6-8-1-2-8/h3-5,8,15H,1-2,6-7H2,(H,16,17)(H,18,19). The third-order valence-corrected chi connectivity index (χ3v) is 3.30. The van der Waals surface area contributed by atoms with Crippen molar-refractivity contribution in [2.45, 2.75) is 12.8 Å². The molecule has 0 aliphatic heterocycles. The Morgan fingerprint density at radius 3 is 2.68 bits per heavy atom. The van der Waals surface area contributed by atoms with Gasteiger partial charge in [-0.15, -0.1) is 0 Å². The van der Waals surface area contributed by atoms with Gasteiger partial charge in [-0.3, -0.25) is 4.79 Å². The quantitative estimate of drug-likeness (QED) is 0.748. The molecule has 1 aromatic carbocycles. The lowest BCUT2D eigenvalue weighted by molar-refractivity contribution is -0.115. The van der Waals surface area contributed by atoms with Crippen LogP contribution in [0.5, 0.6) is 0 Å². The zero-order valence-corrected chi connectivity index (χ0v) is 11.9. The first-order valence-corrected chi connectivity index (χ1v) is 6.88. The number of carboxylic acids is 1. The van der Waals surface area contributed by atoms with Crippen molar-refractivity contribution >= 4 is 33.5 Å². The van der Waals surface area contributed by atoms with E-state index in [9.17, 15) is 9.59 Å². The summed E-state index contributed by atoms with van der Waals surface area (Å²) in [4.78, 5) is 22.6. The molecular weight excluding hydrogens is 312 g/mol. The first kappa shape index (κ1) is 14.0. The minimum Gasteiger partial charge on any atom is -0.478 e. The Bertz CT molecular complexity index is 501. The Morgan fingerprint density at radius 2 is 2.05 bits per heavy atom. The van der Waals surface area contributed by atoms with Gasteiger partial charge in [0, 0.05) is 10.2 Å². The van der Waals surface area contributed by atoms with E-state index < -0.39 is 5.97 Å². The fourth-order valence-electron chi connectivity index (χ4n) is 1.70. The average molecular weight is 327 g/mol. The zero-order chi connectivity index (χ0) is 13.8. The molecule has 102 valence electrons. The third-order valence-electron chi connectivity index (χ3n) is 2.84. The highest BCUT2D eigenvalue weighted by molar-refractivity contribution is 9.10. The minimum absolute atomic E-state index is 0.135. The summed E-state index contributed by atoms with van der Waals surface area (Å²) < 4.78 is 0.619. The van der Waals surface area contributed by atoms with Crippen molar-refractivity contribution in [3.8, 4) is 0 Å². The SMILES string of the molecule is O=C(CNCC1CC1)Nc1cc(Br)cc(C(=O)O)c1. The second kappa shape index (κ2) is 6.16. The van der Waals surface area contributed by atoms with Crippen molar-refractivity contribution in [1.82, 2.24) is 5.32 Å². The van der Waals surface area contributed by atoms with E-state index >= 15 is 0 Å². The van der Waals surface area contributed by atoms with Crippen molar-refractivity contribution < 1.29 is 14.7 Å². The molecule has 19 heavy (non-hydrogen) atoms. The maximum absolute atomic E-state index is 11.7. The van der Waals surface area contributed by atoms with Crippen LogP contribution in [-0.4, -0.2) is 30.1 Å². The van der Waals surface area contributed by atoms with Gasteiger partial charge in [-0.05, 0) is 43.5 Å². The molecule has 3 N–H and O–H groups in total. The van der Waals surface area contributed by atoms with Crippen LogP contribution < -0.4 is 10.6 Å². The van der Waals surface area contributed by atoms with Gasteiger partial charge in [0.15, 0.2) is 0 Å². The van der Waals surface area contributed by atoms with Gasteiger partial charge in [-0.25, -0.2) is 4.79 Å². The summed E-state index contributed by atoms with van der Waals surface area (Å²) in [5, 5.41) is 14.7.